The number of anilines is 1. The zero-order chi connectivity index (χ0) is 13.7. The lowest BCUT2D eigenvalue weighted by Crippen LogP contribution is -2.21. The molecular formula is C15H20N4. The Bertz CT molecular complexity index is 511. The molecule has 0 amide bonds. The predicted molar refractivity (Wildman–Crippen MR) is 78.1 cm³/mol. The first-order valence-electron chi connectivity index (χ1n) is 6.48. The van der Waals surface area contributed by atoms with E-state index in [9.17, 15) is 0 Å². The Balaban J connectivity index is 2.00. The van der Waals surface area contributed by atoms with Crippen LogP contribution in [0.3, 0.4) is 0 Å². The molecule has 1 unspecified atom stereocenters. The summed E-state index contributed by atoms with van der Waals surface area (Å²) in [5, 5.41) is 0. The molecule has 2 aromatic rings. The van der Waals surface area contributed by atoms with Gasteiger partial charge < -0.3 is 10.6 Å². The van der Waals surface area contributed by atoms with Gasteiger partial charge in [0, 0.05) is 38.2 Å². The molecule has 1 atom stereocenters. The van der Waals surface area contributed by atoms with Crippen molar-refractivity contribution in [2.45, 2.75) is 19.4 Å². The summed E-state index contributed by atoms with van der Waals surface area (Å²) in [6.45, 7) is 2.90. The van der Waals surface area contributed by atoms with Crippen LogP contribution in [0.1, 0.15) is 24.1 Å². The fourth-order valence-electron chi connectivity index (χ4n) is 1.89. The summed E-state index contributed by atoms with van der Waals surface area (Å²) in [5.41, 5.74) is 8.29. The van der Waals surface area contributed by atoms with Crippen LogP contribution < -0.4 is 10.6 Å². The molecule has 0 saturated heterocycles. The molecular weight excluding hydrogens is 236 g/mol. The minimum atomic E-state index is 0.0374. The number of likely N-dealkylation sites (N-methyl/N-ethyl adjacent to an activating group) is 1. The molecule has 0 bridgehead atoms. The molecule has 0 radical (unpaired) electrons. The predicted octanol–water partition coefficient (Wildman–Crippen LogP) is 2.18. The SMILES string of the molecule is CC(N)c1ccnc(N(C)CCc2ccncc2)c1. The van der Waals surface area contributed by atoms with Crippen molar-refractivity contribution in [3.8, 4) is 0 Å². The van der Waals surface area contributed by atoms with Crippen molar-refractivity contribution in [2.75, 3.05) is 18.5 Å². The maximum atomic E-state index is 5.89. The smallest absolute Gasteiger partial charge is 0.128 e. The third-order valence-electron chi connectivity index (χ3n) is 3.17. The van der Waals surface area contributed by atoms with Gasteiger partial charge in [0.25, 0.3) is 0 Å². The molecule has 19 heavy (non-hydrogen) atoms. The number of rotatable bonds is 5. The van der Waals surface area contributed by atoms with E-state index in [1.807, 2.05) is 43.7 Å². The van der Waals surface area contributed by atoms with Gasteiger partial charge in [-0.15, -0.1) is 0 Å². The second kappa shape index (κ2) is 6.29. The number of nitrogens with zero attached hydrogens (tertiary/aromatic N) is 3. The van der Waals surface area contributed by atoms with Crippen molar-refractivity contribution in [3.05, 3.63) is 54.0 Å². The average molecular weight is 256 g/mol. The van der Waals surface area contributed by atoms with E-state index in [1.165, 1.54) is 5.56 Å². The minimum Gasteiger partial charge on any atom is -0.359 e. The van der Waals surface area contributed by atoms with Gasteiger partial charge in [0.05, 0.1) is 0 Å². The maximum absolute atomic E-state index is 5.89. The highest BCUT2D eigenvalue weighted by atomic mass is 15.2. The van der Waals surface area contributed by atoms with Gasteiger partial charge in [-0.2, -0.15) is 0 Å². The Labute approximate surface area is 114 Å². The quantitative estimate of drug-likeness (QED) is 0.891. The number of aromatic nitrogens is 2. The minimum absolute atomic E-state index is 0.0374. The summed E-state index contributed by atoms with van der Waals surface area (Å²) in [7, 11) is 2.05. The van der Waals surface area contributed by atoms with Gasteiger partial charge >= 0.3 is 0 Å². The Kier molecular flexibility index (Phi) is 4.47. The summed E-state index contributed by atoms with van der Waals surface area (Å²) >= 11 is 0. The van der Waals surface area contributed by atoms with E-state index in [4.69, 9.17) is 5.73 Å². The van der Waals surface area contributed by atoms with E-state index in [0.717, 1.165) is 24.3 Å². The first-order valence-corrected chi connectivity index (χ1v) is 6.48. The van der Waals surface area contributed by atoms with Crippen LogP contribution in [-0.2, 0) is 6.42 Å². The summed E-state index contributed by atoms with van der Waals surface area (Å²) in [6.07, 6.45) is 6.44. The second-order valence-corrected chi connectivity index (χ2v) is 4.76. The van der Waals surface area contributed by atoms with Crippen LogP contribution in [0.4, 0.5) is 5.82 Å². The second-order valence-electron chi connectivity index (χ2n) is 4.76. The Hall–Kier alpha value is -1.94. The highest BCUT2D eigenvalue weighted by Crippen LogP contribution is 2.16. The normalized spacial score (nSPS) is 12.2. The fourth-order valence-corrected chi connectivity index (χ4v) is 1.89. The lowest BCUT2D eigenvalue weighted by Gasteiger charge is -2.19. The number of hydrogen-bond acceptors (Lipinski definition) is 4. The fraction of sp³-hybridized carbons (Fsp3) is 0.333. The maximum Gasteiger partial charge on any atom is 0.128 e. The summed E-state index contributed by atoms with van der Waals surface area (Å²) in [5.74, 6) is 0.962. The van der Waals surface area contributed by atoms with E-state index in [0.29, 0.717) is 0 Å². The van der Waals surface area contributed by atoms with Crippen LogP contribution in [0.25, 0.3) is 0 Å². The molecule has 0 saturated carbocycles. The molecule has 0 aliphatic rings. The molecule has 2 rings (SSSR count). The largest absolute Gasteiger partial charge is 0.359 e. The van der Waals surface area contributed by atoms with Crippen LogP contribution in [0.15, 0.2) is 42.9 Å². The molecule has 4 nitrogen and oxygen atoms in total. The molecule has 0 spiro atoms. The molecule has 2 aromatic heterocycles. The Morgan fingerprint density at radius 2 is 1.95 bits per heavy atom. The number of nitrogens with two attached hydrogens (primary N) is 1. The van der Waals surface area contributed by atoms with E-state index >= 15 is 0 Å². The Morgan fingerprint density at radius 3 is 2.63 bits per heavy atom. The summed E-state index contributed by atoms with van der Waals surface area (Å²) < 4.78 is 0. The average Bonchev–Trinajstić information content (AvgIpc) is 2.46. The van der Waals surface area contributed by atoms with Crippen molar-refractivity contribution < 1.29 is 0 Å². The number of pyridine rings is 2. The summed E-state index contributed by atoms with van der Waals surface area (Å²) in [6, 6.07) is 8.14. The van der Waals surface area contributed by atoms with Crippen LogP contribution in [0.2, 0.25) is 0 Å². The third-order valence-corrected chi connectivity index (χ3v) is 3.17. The Morgan fingerprint density at radius 1 is 1.21 bits per heavy atom. The van der Waals surface area contributed by atoms with Crippen molar-refractivity contribution in [1.29, 1.82) is 0 Å². The van der Waals surface area contributed by atoms with Crippen molar-refractivity contribution in [1.82, 2.24) is 9.97 Å². The van der Waals surface area contributed by atoms with E-state index < -0.39 is 0 Å². The zero-order valence-electron chi connectivity index (χ0n) is 11.5. The molecule has 2 heterocycles. The van der Waals surface area contributed by atoms with Gasteiger partial charge in [-0.1, -0.05) is 0 Å². The van der Waals surface area contributed by atoms with Gasteiger partial charge in [0.15, 0.2) is 0 Å². The summed E-state index contributed by atoms with van der Waals surface area (Å²) in [4.78, 5) is 10.6. The lowest BCUT2D eigenvalue weighted by molar-refractivity contribution is 0.806. The molecule has 0 aliphatic carbocycles. The van der Waals surface area contributed by atoms with Crippen LogP contribution in [0.5, 0.6) is 0 Å². The van der Waals surface area contributed by atoms with E-state index in [1.54, 1.807) is 0 Å². The molecule has 0 aromatic carbocycles. The monoisotopic (exact) mass is 256 g/mol. The van der Waals surface area contributed by atoms with Gasteiger partial charge in [-0.3, -0.25) is 4.98 Å². The molecule has 100 valence electrons. The van der Waals surface area contributed by atoms with Crippen molar-refractivity contribution in [2.24, 2.45) is 5.73 Å². The first-order chi connectivity index (χ1) is 9.16. The highest BCUT2D eigenvalue weighted by Gasteiger charge is 2.06. The third kappa shape index (κ3) is 3.76. The van der Waals surface area contributed by atoms with Gasteiger partial charge in [-0.25, -0.2) is 4.98 Å². The van der Waals surface area contributed by atoms with Crippen LogP contribution in [0, 0.1) is 0 Å². The van der Waals surface area contributed by atoms with E-state index in [2.05, 4.69) is 28.0 Å². The topological polar surface area (TPSA) is 55.0 Å². The zero-order valence-corrected chi connectivity index (χ0v) is 11.5. The molecule has 4 heteroatoms. The first kappa shape index (κ1) is 13.5. The van der Waals surface area contributed by atoms with Gasteiger partial charge in [0.2, 0.25) is 0 Å². The van der Waals surface area contributed by atoms with Crippen molar-refractivity contribution in [3.63, 3.8) is 0 Å². The van der Waals surface area contributed by atoms with Gasteiger partial charge in [-0.05, 0) is 48.7 Å². The lowest BCUT2D eigenvalue weighted by atomic mass is 10.1. The molecule has 0 aliphatic heterocycles. The standard InChI is InChI=1S/C15H20N4/c1-12(16)14-5-9-18-15(11-14)19(2)10-6-13-3-7-17-8-4-13/h3-5,7-9,11-12H,6,10,16H2,1-2H3. The number of hydrogen-bond donors (Lipinski definition) is 1. The highest BCUT2D eigenvalue weighted by molar-refractivity contribution is 5.41. The van der Waals surface area contributed by atoms with Crippen molar-refractivity contribution >= 4 is 5.82 Å². The van der Waals surface area contributed by atoms with E-state index in [-0.39, 0.29) is 6.04 Å². The van der Waals surface area contributed by atoms with Crippen LogP contribution >= 0.6 is 0 Å². The molecule has 2 N–H and O–H groups in total. The van der Waals surface area contributed by atoms with Crippen LogP contribution in [-0.4, -0.2) is 23.6 Å². The molecule has 0 fully saturated rings. The van der Waals surface area contributed by atoms with Gasteiger partial charge in [0.1, 0.15) is 5.82 Å².